The number of nitrogens with one attached hydrogen (secondary N) is 1. The van der Waals surface area contributed by atoms with E-state index in [1.54, 1.807) is 24.3 Å². The van der Waals surface area contributed by atoms with Crippen molar-refractivity contribution in [2.24, 2.45) is 5.92 Å². The van der Waals surface area contributed by atoms with Crippen LogP contribution < -0.4 is 5.32 Å². The fourth-order valence-corrected chi connectivity index (χ4v) is 4.74. The van der Waals surface area contributed by atoms with Gasteiger partial charge in [0.15, 0.2) is 0 Å². The molecule has 1 aromatic carbocycles. The van der Waals surface area contributed by atoms with Gasteiger partial charge < -0.3 is 10.4 Å². The number of aliphatic carboxylic acids is 1. The van der Waals surface area contributed by atoms with Gasteiger partial charge in [0, 0.05) is 19.5 Å². The molecule has 0 bridgehead atoms. The lowest BCUT2D eigenvalue weighted by Gasteiger charge is -2.16. The summed E-state index contributed by atoms with van der Waals surface area (Å²) in [5.41, 5.74) is 0.846. The highest BCUT2D eigenvalue weighted by atomic mass is 32.2. The number of carboxylic acid groups (broad SMARTS) is 1. The molecule has 1 saturated heterocycles. The number of benzene rings is 1. The molecule has 1 aliphatic carbocycles. The second kappa shape index (κ2) is 7.75. The third-order valence-electron chi connectivity index (χ3n) is 4.94. The van der Waals surface area contributed by atoms with Crippen LogP contribution in [0.25, 0.3) is 0 Å². The van der Waals surface area contributed by atoms with Crippen molar-refractivity contribution in [3.05, 3.63) is 29.8 Å². The van der Waals surface area contributed by atoms with Crippen molar-refractivity contribution in [3.8, 4) is 0 Å². The Morgan fingerprint density at radius 2 is 1.77 bits per heavy atom. The molecule has 1 aromatic rings. The lowest BCUT2D eigenvalue weighted by atomic mass is 10.1. The molecule has 0 spiro atoms. The van der Waals surface area contributed by atoms with Crippen molar-refractivity contribution in [3.63, 3.8) is 0 Å². The summed E-state index contributed by atoms with van der Waals surface area (Å²) in [6.45, 7) is 1.13. The van der Waals surface area contributed by atoms with Crippen LogP contribution in [0.5, 0.6) is 0 Å². The van der Waals surface area contributed by atoms with Gasteiger partial charge in [0.2, 0.25) is 15.9 Å². The smallest absolute Gasteiger partial charge is 0.326 e. The summed E-state index contributed by atoms with van der Waals surface area (Å²) >= 11 is 0. The Balaban J connectivity index is 1.54. The van der Waals surface area contributed by atoms with Crippen molar-refractivity contribution < 1.29 is 23.1 Å². The Morgan fingerprint density at radius 3 is 2.31 bits per heavy atom. The maximum Gasteiger partial charge on any atom is 0.326 e. The molecule has 1 saturated carbocycles. The Bertz CT molecular complexity index is 765. The molecule has 1 aliphatic heterocycles. The first-order chi connectivity index (χ1) is 12.4. The minimum atomic E-state index is -3.43. The molecule has 8 heteroatoms. The molecule has 2 aliphatic rings. The predicted octanol–water partition coefficient (Wildman–Crippen LogP) is 1.38. The molecule has 7 nitrogen and oxygen atoms in total. The largest absolute Gasteiger partial charge is 0.480 e. The van der Waals surface area contributed by atoms with Gasteiger partial charge >= 0.3 is 5.97 Å². The minimum absolute atomic E-state index is 0.0477. The summed E-state index contributed by atoms with van der Waals surface area (Å²) < 4.78 is 26.4. The molecule has 1 heterocycles. The Hall–Kier alpha value is -1.93. The summed E-state index contributed by atoms with van der Waals surface area (Å²) in [7, 11) is -3.43. The predicted molar refractivity (Wildman–Crippen MR) is 95.0 cm³/mol. The molecule has 0 aromatic heterocycles. The van der Waals surface area contributed by atoms with Crippen LogP contribution in [-0.2, 0) is 26.0 Å². The molecule has 2 fully saturated rings. The topological polar surface area (TPSA) is 104 Å². The van der Waals surface area contributed by atoms with E-state index in [0.29, 0.717) is 19.5 Å². The number of carboxylic acids is 1. The van der Waals surface area contributed by atoms with Gasteiger partial charge in [-0.05, 0) is 55.7 Å². The zero-order valence-electron chi connectivity index (χ0n) is 14.6. The molecule has 3 rings (SSSR count). The van der Waals surface area contributed by atoms with E-state index in [1.165, 1.54) is 4.31 Å². The van der Waals surface area contributed by atoms with E-state index in [4.69, 9.17) is 5.11 Å². The van der Waals surface area contributed by atoms with Crippen LogP contribution in [0.1, 0.15) is 37.7 Å². The van der Waals surface area contributed by atoms with E-state index in [9.17, 15) is 18.0 Å². The average molecular weight is 380 g/mol. The van der Waals surface area contributed by atoms with Crippen LogP contribution in [0.15, 0.2) is 29.2 Å². The van der Waals surface area contributed by atoms with Gasteiger partial charge in [0.1, 0.15) is 6.04 Å². The SMILES string of the molecule is O=C(CCc1ccc(S(=O)(=O)N2CCCC2)cc1)NC(C(=O)O)C1CC1. The monoisotopic (exact) mass is 380 g/mol. The van der Waals surface area contributed by atoms with Crippen LogP contribution >= 0.6 is 0 Å². The van der Waals surface area contributed by atoms with E-state index in [1.807, 2.05) is 0 Å². The summed E-state index contributed by atoms with van der Waals surface area (Å²) in [6.07, 6.45) is 4.07. The lowest BCUT2D eigenvalue weighted by molar-refractivity contribution is -0.142. The van der Waals surface area contributed by atoms with Crippen LogP contribution in [0, 0.1) is 5.92 Å². The first-order valence-corrected chi connectivity index (χ1v) is 10.4. The zero-order valence-corrected chi connectivity index (χ0v) is 15.4. The maximum atomic E-state index is 12.5. The Morgan fingerprint density at radius 1 is 1.15 bits per heavy atom. The van der Waals surface area contributed by atoms with Crippen molar-refractivity contribution in [1.29, 1.82) is 0 Å². The number of carbonyl (C=O) groups is 2. The number of aryl methyl sites for hydroxylation is 1. The van der Waals surface area contributed by atoms with Crippen LogP contribution in [0.2, 0.25) is 0 Å². The lowest BCUT2D eigenvalue weighted by Crippen LogP contribution is -2.42. The number of hydrogen-bond donors (Lipinski definition) is 2. The summed E-state index contributed by atoms with van der Waals surface area (Å²) in [4.78, 5) is 23.4. The van der Waals surface area contributed by atoms with Gasteiger partial charge in [-0.2, -0.15) is 4.31 Å². The molecule has 1 atom stereocenters. The van der Waals surface area contributed by atoms with Crippen LogP contribution in [-0.4, -0.2) is 48.8 Å². The molecule has 1 unspecified atom stereocenters. The van der Waals surface area contributed by atoms with Crippen molar-refractivity contribution in [2.75, 3.05) is 13.1 Å². The summed E-state index contributed by atoms with van der Waals surface area (Å²) in [5.74, 6) is -1.23. The highest BCUT2D eigenvalue weighted by molar-refractivity contribution is 7.89. The van der Waals surface area contributed by atoms with E-state index < -0.39 is 22.0 Å². The second-order valence-electron chi connectivity index (χ2n) is 6.98. The molecule has 1 amide bonds. The number of nitrogens with zero attached hydrogens (tertiary/aromatic N) is 1. The van der Waals surface area contributed by atoms with Crippen LogP contribution in [0.4, 0.5) is 0 Å². The summed E-state index contributed by atoms with van der Waals surface area (Å²) in [6, 6.07) is 5.78. The molecular formula is C18H24N2O5S. The minimum Gasteiger partial charge on any atom is -0.480 e. The zero-order chi connectivity index (χ0) is 18.7. The number of hydrogen-bond acceptors (Lipinski definition) is 4. The standard InChI is InChI=1S/C18H24N2O5S/c21-16(19-17(18(22)23)14-6-7-14)10-5-13-3-8-15(9-4-13)26(24,25)20-11-1-2-12-20/h3-4,8-9,14,17H,1-2,5-7,10-12H2,(H,19,21)(H,22,23). The Kier molecular flexibility index (Phi) is 5.62. The number of carbonyl (C=O) groups excluding carboxylic acids is 1. The quantitative estimate of drug-likeness (QED) is 0.709. The van der Waals surface area contributed by atoms with Gasteiger partial charge in [-0.15, -0.1) is 0 Å². The van der Waals surface area contributed by atoms with Gasteiger partial charge in [0.05, 0.1) is 4.90 Å². The number of amides is 1. The first-order valence-electron chi connectivity index (χ1n) is 8.99. The molecule has 0 radical (unpaired) electrons. The molecule has 26 heavy (non-hydrogen) atoms. The third-order valence-corrected chi connectivity index (χ3v) is 6.86. The molecule has 2 N–H and O–H groups in total. The highest BCUT2D eigenvalue weighted by Crippen LogP contribution is 2.32. The maximum absolute atomic E-state index is 12.5. The van der Waals surface area contributed by atoms with Crippen molar-refractivity contribution in [1.82, 2.24) is 9.62 Å². The van der Waals surface area contributed by atoms with Crippen LogP contribution in [0.3, 0.4) is 0 Å². The fraction of sp³-hybridized carbons (Fsp3) is 0.556. The Labute approximate surface area is 153 Å². The highest BCUT2D eigenvalue weighted by Gasteiger charge is 2.37. The van der Waals surface area contributed by atoms with Gasteiger partial charge in [-0.3, -0.25) is 4.79 Å². The van der Waals surface area contributed by atoms with E-state index in [0.717, 1.165) is 31.2 Å². The van der Waals surface area contributed by atoms with Crippen molar-refractivity contribution >= 4 is 21.9 Å². The second-order valence-corrected chi connectivity index (χ2v) is 8.91. The van der Waals surface area contributed by atoms with E-state index in [2.05, 4.69) is 5.32 Å². The summed E-state index contributed by atoms with van der Waals surface area (Å²) in [5, 5.41) is 11.7. The molecule has 142 valence electrons. The normalized spacial score (nSPS) is 19.2. The molecular weight excluding hydrogens is 356 g/mol. The van der Waals surface area contributed by atoms with E-state index >= 15 is 0 Å². The van der Waals surface area contributed by atoms with Crippen molar-refractivity contribution in [2.45, 2.75) is 49.5 Å². The van der Waals surface area contributed by atoms with Gasteiger partial charge in [-0.25, -0.2) is 13.2 Å². The van der Waals surface area contributed by atoms with Gasteiger partial charge in [-0.1, -0.05) is 12.1 Å². The van der Waals surface area contributed by atoms with Gasteiger partial charge in [0.25, 0.3) is 0 Å². The van der Waals surface area contributed by atoms with E-state index in [-0.39, 0.29) is 23.1 Å². The average Bonchev–Trinajstić information content (AvgIpc) is 3.29. The first kappa shape index (κ1) is 18.8. The number of rotatable bonds is 8. The third kappa shape index (κ3) is 4.42. The fourth-order valence-electron chi connectivity index (χ4n) is 3.22. The number of sulfonamides is 1.